The van der Waals surface area contributed by atoms with Crippen LogP contribution in [-0.4, -0.2) is 72.0 Å². The number of likely N-dealkylation sites (tertiary alicyclic amines) is 2. The Balaban J connectivity index is 1.26. The maximum atomic E-state index is 13.4. The van der Waals surface area contributed by atoms with Gasteiger partial charge in [-0.15, -0.1) is 0 Å². The van der Waals surface area contributed by atoms with Crippen LogP contribution in [0, 0.1) is 6.92 Å². The molecule has 2 aromatic carbocycles. The summed E-state index contributed by atoms with van der Waals surface area (Å²) in [5.41, 5.74) is 11.1. The van der Waals surface area contributed by atoms with Gasteiger partial charge in [-0.05, 0) is 112 Å². The third-order valence-electron chi connectivity index (χ3n) is 9.34. The van der Waals surface area contributed by atoms with E-state index in [9.17, 15) is 9.59 Å². The van der Waals surface area contributed by atoms with Crippen LogP contribution < -0.4 is 15.4 Å². The Bertz CT molecular complexity index is 1380. The number of nitrogens with two attached hydrogens (primary N) is 1. The zero-order valence-corrected chi connectivity index (χ0v) is 25.8. The standard InChI is InChI=1S/C35H45N5O3/c1-25(8-13-31-26(2)32(34(36)41)14-15-33(31)35(42)39-19-4-5-20-39)38-21-16-29(17-22-38)40(24-27-7-6-18-37-23-27)28-9-11-30(43-3)12-10-28/h6-7,9-12,14-15,18,23,25,29H,4-5,8,13,16-17,19-22,24H2,1-3H3,(H2,36,41)/t25-/m1/s1. The molecular weight excluding hydrogens is 538 g/mol. The molecule has 0 unspecified atom stereocenters. The lowest BCUT2D eigenvalue weighted by Gasteiger charge is -2.42. The quantitative estimate of drug-likeness (QED) is 0.333. The Morgan fingerprint density at radius 3 is 2.35 bits per heavy atom. The summed E-state index contributed by atoms with van der Waals surface area (Å²) in [4.78, 5) is 36.9. The van der Waals surface area contributed by atoms with Crippen LogP contribution in [0.15, 0.2) is 60.9 Å². The number of carbonyl (C=O) groups is 2. The molecule has 8 nitrogen and oxygen atoms in total. The van der Waals surface area contributed by atoms with E-state index in [1.807, 2.05) is 48.5 Å². The number of hydrogen-bond donors (Lipinski definition) is 1. The number of piperidine rings is 1. The summed E-state index contributed by atoms with van der Waals surface area (Å²) in [6.45, 7) is 8.64. The zero-order valence-electron chi connectivity index (χ0n) is 25.8. The number of benzene rings is 2. The average molecular weight is 584 g/mol. The molecule has 1 aromatic heterocycles. The van der Waals surface area contributed by atoms with Crippen molar-refractivity contribution in [1.29, 1.82) is 0 Å². The van der Waals surface area contributed by atoms with Crippen LogP contribution in [-0.2, 0) is 13.0 Å². The molecule has 0 spiro atoms. The largest absolute Gasteiger partial charge is 0.497 e. The molecule has 0 aliphatic carbocycles. The van der Waals surface area contributed by atoms with Gasteiger partial charge in [-0.1, -0.05) is 6.07 Å². The number of primary amides is 1. The number of nitrogens with zero attached hydrogens (tertiary/aromatic N) is 4. The predicted octanol–water partition coefficient (Wildman–Crippen LogP) is 5.23. The van der Waals surface area contributed by atoms with Crippen molar-refractivity contribution in [2.75, 3.05) is 38.2 Å². The van der Waals surface area contributed by atoms with Crippen LogP contribution in [0.3, 0.4) is 0 Å². The van der Waals surface area contributed by atoms with Crippen molar-refractivity contribution < 1.29 is 14.3 Å². The zero-order chi connectivity index (χ0) is 30.3. The first-order chi connectivity index (χ1) is 20.9. The van der Waals surface area contributed by atoms with E-state index in [-0.39, 0.29) is 5.91 Å². The Morgan fingerprint density at radius 1 is 1.02 bits per heavy atom. The minimum atomic E-state index is -0.443. The minimum Gasteiger partial charge on any atom is -0.497 e. The molecule has 1 atom stereocenters. The summed E-state index contributed by atoms with van der Waals surface area (Å²) in [7, 11) is 1.70. The molecule has 2 saturated heterocycles. The summed E-state index contributed by atoms with van der Waals surface area (Å²) in [5.74, 6) is 0.490. The SMILES string of the molecule is COc1ccc(N(Cc2cccnc2)C2CCN([C@H](C)CCc3c(C(=O)N4CCCC4)ccc(C(N)=O)c3C)CC2)cc1. The smallest absolute Gasteiger partial charge is 0.254 e. The fourth-order valence-corrected chi connectivity index (χ4v) is 6.70. The Kier molecular flexibility index (Phi) is 9.97. The molecule has 2 amide bonds. The van der Waals surface area contributed by atoms with Crippen LogP contribution in [0.4, 0.5) is 5.69 Å². The first-order valence-corrected chi connectivity index (χ1v) is 15.6. The lowest BCUT2D eigenvalue weighted by Crippen LogP contribution is -2.47. The number of ether oxygens (including phenoxy) is 1. The van der Waals surface area contributed by atoms with Gasteiger partial charge in [0.25, 0.3) is 5.91 Å². The van der Waals surface area contributed by atoms with E-state index in [0.29, 0.717) is 17.6 Å². The molecule has 3 heterocycles. The number of pyridine rings is 1. The number of methoxy groups -OCH3 is 1. The number of amides is 2. The van der Waals surface area contributed by atoms with Gasteiger partial charge < -0.3 is 25.2 Å². The van der Waals surface area contributed by atoms with Crippen LogP contribution in [0.2, 0.25) is 0 Å². The van der Waals surface area contributed by atoms with Gasteiger partial charge in [0.1, 0.15) is 5.75 Å². The minimum absolute atomic E-state index is 0.0762. The van der Waals surface area contributed by atoms with Crippen LogP contribution in [0.25, 0.3) is 0 Å². The summed E-state index contributed by atoms with van der Waals surface area (Å²) < 4.78 is 5.40. The molecule has 43 heavy (non-hydrogen) atoms. The molecule has 2 N–H and O–H groups in total. The first kappa shape index (κ1) is 30.5. The van der Waals surface area contributed by atoms with Gasteiger partial charge in [-0.25, -0.2) is 0 Å². The van der Waals surface area contributed by atoms with E-state index < -0.39 is 5.91 Å². The maximum Gasteiger partial charge on any atom is 0.254 e. The van der Waals surface area contributed by atoms with E-state index >= 15 is 0 Å². The number of anilines is 1. The summed E-state index contributed by atoms with van der Waals surface area (Å²) >= 11 is 0. The molecule has 2 aliphatic heterocycles. The Labute approximate surface area is 255 Å². The molecule has 2 fully saturated rings. The van der Waals surface area contributed by atoms with Gasteiger partial charge in [0.2, 0.25) is 5.91 Å². The highest BCUT2D eigenvalue weighted by Crippen LogP contribution is 2.30. The van der Waals surface area contributed by atoms with E-state index in [0.717, 1.165) is 93.7 Å². The Morgan fingerprint density at radius 2 is 1.72 bits per heavy atom. The number of carbonyl (C=O) groups excluding carboxylic acids is 2. The number of aromatic nitrogens is 1. The van der Waals surface area contributed by atoms with Crippen molar-refractivity contribution in [2.24, 2.45) is 5.73 Å². The van der Waals surface area contributed by atoms with Gasteiger partial charge >= 0.3 is 0 Å². The lowest BCUT2D eigenvalue weighted by molar-refractivity contribution is 0.0790. The number of rotatable bonds is 11. The van der Waals surface area contributed by atoms with Crippen molar-refractivity contribution >= 4 is 17.5 Å². The molecular formula is C35H45N5O3. The highest BCUT2D eigenvalue weighted by molar-refractivity contribution is 6.00. The van der Waals surface area contributed by atoms with Crippen molar-refractivity contribution in [3.63, 3.8) is 0 Å². The second kappa shape index (κ2) is 14.0. The van der Waals surface area contributed by atoms with E-state index in [4.69, 9.17) is 10.5 Å². The molecule has 228 valence electrons. The predicted molar refractivity (Wildman–Crippen MR) is 171 cm³/mol. The second-order valence-corrected chi connectivity index (χ2v) is 12.0. The highest BCUT2D eigenvalue weighted by Gasteiger charge is 2.29. The van der Waals surface area contributed by atoms with E-state index in [2.05, 4.69) is 39.9 Å². The first-order valence-electron chi connectivity index (χ1n) is 15.6. The lowest BCUT2D eigenvalue weighted by atomic mass is 9.91. The molecule has 0 radical (unpaired) electrons. The summed E-state index contributed by atoms with van der Waals surface area (Å²) in [5, 5.41) is 0. The topological polar surface area (TPSA) is 92.0 Å². The summed E-state index contributed by atoms with van der Waals surface area (Å²) in [6.07, 6.45) is 9.63. The van der Waals surface area contributed by atoms with Crippen molar-refractivity contribution in [1.82, 2.24) is 14.8 Å². The van der Waals surface area contributed by atoms with E-state index in [1.165, 1.54) is 11.3 Å². The van der Waals surface area contributed by atoms with Gasteiger partial charge in [0.05, 0.1) is 7.11 Å². The average Bonchev–Trinajstić information content (AvgIpc) is 3.58. The van der Waals surface area contributed by atoms with Gasteiger partial charge in [0, 0.05) is 74.0 Å². The normalized spacial score (nSPS) is 16.7. The molecule has 0 bridgehead atoms. The van der Waals surface area contributed by atoms with E-state index in [1.54, 1.807) is 13.2 Å². The van der Waals surface area contributed by atoms with Gasteiger partial charge in [-0.2, -0.15) is 0 Å². The molecule has 3 aromatic rings. The molecule has 0 saturated carbocycles. The highest BCUT2D eigenvalue weighted by atomic mass is 16.5. The second-order valence-electron chi connectivity index (χ2n) is 12.0. The van der Waals surface area contributed by atoms with Crippen molar-refractivity contribution in [2.45, 2.75) is 71.0 Å². The fourth-order valence-electron chi connectivity index (χ4n) is 6.70. The number of hydrogen-bond acceptors (Lipinski definition) is 6. The third-order valence-corrected chi connectivity index (χ3v) is 9.34. The molecule has 8 heteroatoms. The maximum absolute atomic E-state index is 13.4. The van der Waals surface area contributed by atoms with Crippen molar-refractivity contribution in [3.05, 3.63) is 88.7 Å². The van der Waals surface area contributed by atoms with Gasteiger partial charge in [-0.3, -0.25) is 14.6 Å². The van der Waals surface area contributed by atoms with Crippen LogP contribution in [0.5, 0.6) is 5.75 Å². The Hall–Kier alpha value is -3.91. The molecule has 2 aliphatic rings. The molecule has 5 rings (SSSR count). The van der Waals surface area contributed by atoms with Crippen LogP contribution >= 0.6 is 0 Å². The fraction of sp³-hybridized carbons (Fsp3) is 0.457. The van der Waals surface area contributed by atoms with Gasteiger partial charge in [0.15, 0.2) is 0 Å². The summed E-state index contributed by atoms with van der Waals surface area (Å²) in [6, 6.07) is 16.8. The van der Waals surface area contributed by atoms with Crippen molar-refractivity contribution in [3.8, 4) is 5.75 Å². The van der Waals surface area contributed by atoms with Crippen LogP contribution in [0.1, 0.15) is 76.4 Å². The third kappa shape index (κ3) is 7.19. The monoisotopic (exact) mass is 583 g/mol.